The van der Waals surface area contributed by atoms with E-state index in [1.54, 1.807) is 19.4 Å². The third-order valence-electron chi connectivity index (χ3n) is 5.69. The Morgan fingerprint density at radius 3 is 2.61 bits per heavy atom. The lowest BCUT2D eigenvalue weighted by atomic mass is 10.1. The summed E-state index contributed by atoms with van der Waals surface area (Å²) in [4.78, 5) is 19.0. The van der Waals surface area contributed by atoms with E-state index in [9.17, 15) is 4.79 Å². The highest BCUT2D eigenvalue weighted by Crippen LogP contribution is 2.32. The Labute approximate surface area is 186 Å². The molecule has 2 aromatic rings. The molecule has 5 heteroatoms. The molecular weight excluding hydrogens is 388 g/mol. The van der Waals surface area contributed by atoms with E-state index in [-0.39, 0.29) is 12.0 Å². The van der Waals surface area contributed by atoms with E-state index >= 15 is 0 Å². The van der Waals surface area contributed by atoms with Gasteiger partial charge in [-0.25, -0.2) is 0 Å². The van der Waals surface area contributed by atoms with Crippen LogP contribution in [0.25, 0.3) is 0 Å². The second-order valence-electron chi connectivity index (χ2n) is 8.11. The number of methoxy groups -OCH3 is 1. The first kappa shape index (κ1) is 22.9. The second-order valence-corrected chi connectivity index (χ2v) is 8.11. The third-order valence-corrected chi connectivity index (χ3v) is 5.69. The van der Waals surface area contributed by atoms with Gasteiger partial charge in [-0.2, -0.15) is 0 Å². The molecule has 1 aliphatic carbocycles. The number of ether oxygens (including phenoxy) is 2. The van der Waals surface area contributed by atoms with Gasteiger partial charge in [-0.15, -0.1) is 6.58 Å². The van der Waals surface area contributed by atoms with Gasteiger partial charge in [0.2, 0.25) is 5.91 Å². The van der Waals surface area contributed by atoms with Crippen molar-refractivity contribution in [3.63, 3.8) is 0 Å². The highest BCUT2D eigenvalue weighted by Gasteiger charge is 2.18. The van der Waals surface area contributed by atoms with Gasteiger partial charge in [0.15, 0.2) is 11.5 Å². The first-order chi connectivity index (χ1) is 15.2. The van der Waals surface area contributed by atoms with Gasteiger partial charge in [0.05, 0.1) is 25.5 Å². The third kappa shape index (κ3) is 7.12. The molecular formula is C26H34N2O3. The van der Waals surface area contributed by atoms with Gasteiger partial charge in [0, 0.05) is 19.2 Å². The van der Waals surface area contributed by atoms with Crippen LogP contribution in [-0.4, -0.2) is 29.0 Å². The van der Waals surface area contributed by atoms with Crippen LogP contribution in [0.1, 0.15) is 62.6 Å². The van der Waals surface area contributed by atoms with Gasteiger partial charge >= 0.3 is 0 Å². The van der Waals surface area contributed by atoms with Crippen molar-refractivity contribution in [2.45, 2.75) is 70.6 Å². The van der Waals surface area contributed by atoms with E-state index in [1.165, 1.54) is 25.7 Å². The topological polar surface area (TPSA) is 51.7 Å². The number of pyridine rings is 1. The first-order valence-corrected chi connectivity index (χ1v) is 11.3. The molecule has 0 aliphatic heterocycles. The molecule has 5 nitrogen and oxygen atoms in total. The van der Waals surface area contributed by atoms with E-state index in [0.717, 1.165) is 35.6 Å². The van der Waals surface area contributed by atoms with Gasteiger partial charge in [0.25, 0.3) is 0 Å². The molecule has 0 N–H and O–H groups in total. The maximum atomic E-state index is 12.8. The van der Waals surface area contributed by atoms with Gasteiger partial charge in [0.1, 0.15) is 0 Å². The molecule has 1 heterocycles. The number of hydrogen-bond acceptors (Lipinski definition) is 4. The van der Waals surface area contributed by atoms with Crippen LogP contribution in [0.4, 0.5) is 0 Å². The largest absolute Gasteiger partial charge is 0.493 e. The van der Waals surface area contributed by atoms with Crippen molar-refractivity contribution in [1.82, 2.24) is 9.88 Å². The zero-order chi connectivity index (χ0) is 21.9. The number of aromatic nitrogens is 1. The maximum absolute atomic E-state index is 12.8. The highest BCUT2D eigenvalue weighted by atomic mass is 16.5. The van der Waals surface area contributed by atoms with Crippen LogP contribution >= 0.6 is 0 Å². The molecule has 3 rings (SSSR count). The van der Waals surface area contributed by atoms with Gasteiger partial charge in [-0.05, 0) is 61.9 Å². The van der Waals surface area contributed by atoms with E-state index in [0.29, 0.717) is 25.9 Å². The maximum Gasteiger partial charge on any atom is 0.223 e. The number of benzene rings is 1. The molecule has 1 amide bonds. The minimum atomic E-state index is 0.0864. The summed E-state index contributed by atoms with van der Waals surface area (Å²) in [6.45, 7) is 4.70. The average molecular weight is 423 g/mol. The van der Waals surface area contributed by atoms with Crippen LogP contribution in [0.5, 0.6) is 11.5 Å². The molecule has 1 fully saturated rings. The minimum absolute atomic E-state index is 0.0864. The Morgan fingerprint density at radius 1 is 1.13 bits per heavy atom. The summed E-state index contributed by atoms with van der Waals surface area (Å²) in [5.74, 6) is 1.59. The monoisotopic (exact) mass is 422 g/mol. The fourth-order valence-electron chi connectivity index (χ4n) is 3.97. The fraction of sp³-hybridized carbons (Fsp3) is 0.462. The predicted octanol–water partition coefficient (Wildman–Crippen LogP) is 5.69. The number of carbonyl (C=O) groups excluding carboxylic acids is 1. The smallest absolute Gasteiger partial charge is 0.223 e. The SMILES string of the molecule is C=CCCC(=O)N(Cc1ccc(OC2CCCCCC2)c(OC)c1)Cc1ccccn1. The Balaban J connectivity index is 1.73. The molecule has 0 spiro atoms. The molecule has 0 radical (unpaired) electrons. The second kappa shape index (κ2) is 12.1. The molecule has 1 aromatic carbocycles. The number of amides is 1. The van der Waals surface area contributed by atoms with Crippen molar-refractivity contribution in [2.24, 2.45) is 0 Å². The Kier molecular flexibility index (Phi) is 8.95. The molecule has 1 saturated carbocycles. The van der Waals surface area contributed by atoms with Gasteiger partial charge in [-0.3, -0.25) is 9.78 Å². The van der Waals surface area contributed by atoms with Crippen molar-refractivity contribution in [2.75, 3.05) is 7.11 Å². The molecule has 0 bridgehead atoms. The average Bonchev–Trinajstić information content (AvgIpc) is 3.07. The van der Waals surface area contributed by atoms with E-state index in [1.807, 2.05) is 41.3 Å². The fourth-order valence-corrected chi connectivity index (χ4v) is 3.97. The van der Waals surface area contributed by atoms with E-state index < -0.39 is 0 Å². The molecule has 0 atom stereocenters. The van der Waals surface area contributed by atoms with Crippen molar-refractivity contribution in [1.29, 1.82) is 0 Å². The summed E-state index contributed by atoms with van der Waals surface area (Å²) in [6, 6.07) is 11.8. The number of allylic oxidation sites excluding steroid dienone is 1. The number of carbonyl (C=O) groups is 1. The van der Waals surface area contributed by atoms with Crippen molar-refractivity contribution in [3.05, 3.63) is 66.5 Å². The molecule has 0 unspecified atom stereocenters. The van der Waals surface area contributed by atoms with Crippen LogP contribution < -0.4 is 9.47 Å². The normalized spacial score (nSPS) is 14.5. The summed E-state index contributed by atoms with van der Waals surface area (Å²) in [6.07, 6.45) is 12.1. The molecule has 31 heavy (non-hydrogen) atoms. The quantitative estimate of drug-likeness (QED) is 0.365. The predicted molar refractivity (Wildman–Crippen MR) is 123 cm³/mol. The van der Waals surface area contributed by atoms with Crippen molar-refractivity contribution in [3.8, 4) is 11.5 Å². The number of nitrogens with zero attached hydrogens (tertiary/aromatic N) is 2. The summed E-state index contributed by atoms with van der Waals surface area (Å²) in [5.41, 5.74) is 1.88. The molecule has 1 aliphatic rings. The van der Waals surface area contributed by atoms with E-state index in [2.05, 4.69) is 11.6 Å². The zero-order valence-corrected chi connectivity index (χ0v) is 18.6. The van der Waals surface area contributed by atoms with Crippen molar-refractivity contribution < 1.29 is 14.3 Å². The standard InChI is InChI=1S/C26H34N2O3/c1-3-4-14-26(29)28(20-22-11-9-10-17-27-22)19-21-15-16-24(25(18-21)30-2)31-23-12-7-5-6-8-13-23/h3,9-11,15-18,23H,1,4-8,12-14,19-20H2,2H3. The Bertz CT molecular complexity index is 830. The molecule has 166 valence electrons. The summed E-state index contributed by atoms with van der Waals surface area (Å²) >= 11 is 0. The summed E-state index contributed by atoms with van der Waals surface area (Å²) in [5, 5.41) is 0. The lowest BCUT2D eigenvalue weighted by molar-refractivity contribution is -0.132. The summed E-state index contributed by atoms with van der Waals surface area (Å²) < 4.78 is 11.9. The van der Waals surface area contributed by atoms with Crippen LogP contribution in [0, 0.1) is 0 Å². The minimum Gasteiger partial charge on any atom is -0.493 e. The molecule has 0 saturated heterocycles. The number of rotatable bonds is 10. The lowest BCUT2D eigenvalue weighted by Crippen LogP contribution is -2.30. The summed E-state index contributed by atoms with van der Waals surface area (Å²) in [7, 11) is 1.67. The zero-order valence-electron chi connectivity index (χ0n) is 18.6. The first-order valence-electron chi connectivity index (χ1n) is 11.3. The Morgan fingerprint density at radius 2 is 1.94 bits per heavy atom. The van der Waals surface area contributed by atoms with Gasteiger partial charge < -0.3 is 14.4 Å². The van der Waals surface area contributed by atoms with Crippen LogP contribution in [-0.2, 0) is 17.9 Å². The molecule has 1 aromatic heterocycles. The van der Waals surface area contributed by atoms with E-state index in [4.69, 9.17) is 9.47 Å². The number of hydrogen-bond donors (Lipinski definition) is 0. The van der Waals surface area contributed by atoms with Crippen LogP contribution in [0.3, 0.4) is 0 Å². The lowest BCUT2D eigenvalue weighted by Gasteiger charge is -2.24. The van der Waals surface area contributed by atoms with Crippen LogP contribution in [0.2, 0.25) is 0 Å². The van der Waals surface area contributed by atoms with Crippen LogP contribution in [0.15, 0.2) is 55.3 Å². The van der Waals surface area contributed by atoms with Crippen molar-refractivity contribution >= 4 is 5.91 Å². The van der Waals surface area contributed by atoms with Gasteiger partial charge in [-0.1, -0.05) is 31.1 Å². The Hall–Kier alpha value is -2.82. The highest BCUT2D eigenvalue weighted by molar-refractivity contribution is 5.76.